The van der Waals surface area contributed by atoms with Gasteiger partial charge in [-0.25, -0.2) is 0 Å². The Kier molecular flexibility index (Phi) is 5.47. The Hall–Kier alpha value is -0.420. The molecule has 118 valence electrons. The normalized spacial score (nSPS) is 33.0. The SMILES string of the molecule is OC[C@H]1O[C@@H](Nc2cc(Br)c(O)c(Br)c2)[C@H](O)[C@@H](O)[C@@H]1O. The Bertz CT molecular complexity index is 492. The summed E-state index contributed by atoms with van der Waals surface area (Å²) in [5.74, 6) is 0.0225. The number of phenols is 1. The molecule has 5 atom stereocenters. The molecule has 0 unspecified atom stereocenters. The molecule has 1 aliphatic heterocycles. The lowest BCUT2D eigenvalue weighted by atomic mass is 9.98. The van der Waals surface area contributed by atoms with Crippen molar-refractivity contribution in [2.24, 2.45) is 0 Å². The number of aliphatic hydroxyl groups excluding tert-OH is 4. The first-order chi connectivity index (χ1) is 9.85. The maximum atomic E-state index is 9.92. The summed E-state index contributed by atoms with van der Waals surface area (Å²) in [6, 6.07) is 3.11. The van der Waals surface area contributed by atoms with Gasteiger partial charge in [0.15, 0.2) is 6.23 Å². The third-order valence-electron chi connectivity index (χ3n) is 3.22. The second-order valence-corrected chi connectivity index (χ2v) is 6.39. The van der Waals surface area contributed by atoms with Crippen LogP contribution in [0.1, 0.15) is 0 Å². The summed E-state index contributed by atoms with van der Waals surface area (Å²) >= 11 is 6.34. The molecule has 1 heterocycles. The van der Waals surface area contributed by atoms with Crippen LogP contribution < -0.4 is 5.32 Å². The Morgan fingerprint density at radius 3 is 2.14 bits per heavy atom. The van der Waals surface area contributed by atoms with Gasteiger partial charge in [-0.15, -0.1) is 0 Å². The maximum Gasteiger partial charge on any atom is 0.157 e. The van der Waals surface area contributed by atoms with Crippen LogP contribution in [0.2, 0.25) is 0 Å². The molecule has 1 fully saturated rings. The molecule has 2 rings (SSSR count). The lowest BCUT2D eigenvalue weighted by Crippen LogP contribution is -2.60. The highest BCUT2D eigenvalue weighted by Gasteiger charge is 2.43. The Labute approximate surface area is 137 Å². The molecule has 0 bridgehead atoms. The van der Waals surface area contributed by atoms with Crippen LogP contribution in [0.5, 0.6) is 5.75 Å². The summed E-state index contributed by atoms with van der Waals surface area (Å²) in [6.07, 6.45) is -6.23. The summed E-state index contributed by atoms with van der Waals surface area (Å²) in [5, 5.41) is 50.9. The van der Waals surface area contributed by atoms with Crippen molar-refractivity contribution in [3.05, 3.63) is 21.1 Å². The van der Waals surface area contributed by atoms with Gasteiger partial charge >= 0.3 is 0 Å². The minimum atomic E-state index is -1.45. The van der Waals surface area contributed by atoms with Crippen LogP contribution in [0, 0.1) is 0 Å². The van der Waals surface area contributed by atoms with Gasteiger partial charge in [-0.1, -0.05) is 0 Å². The second kappa shape index (κ2) is 6.78. The van der Waals surface area contributed by atoms with Gasteiger partial charge in [0.2, 0.25) is 0 Å². The minimum absolute atomic E-state index is 0.0225. The van der Waals surface area contributed by atoms with E-state index in [9.17, 15) is 20.4 Å². The third-order valence-corrected chi connectivity index (χ3v) is 4.43. The van der Waals surface area contributed by atoms with E-state index >= 15 is 0 Å². The van der Waals surface area contributed by atoms with Crippen molar-refractivity contribution in [2.45, 2.75) is 30.6 Å². The summed E-state index contributed by atoms with van der Waals surface area (Å²) in [6.45, 7) is -0.494. The quantitative estimate of drug-likeness (QED) is 0.378. The third kappa shape index (κ3) is 3.50. The molecule has 1 aromatic carbocycles. The van der Waals surface area contributed by atoms with Crippen molar-refractivity contribution < 1.29 is 30.3 Å². The molecule has 6 N–H and O–H groups in total. The molecule has 7 nitrogen and oxygen atoms in total. The van der Waals surface area contributed by atoms with Crippen LogP contribution >= 0.6 is 31.9 Å². The fourth-order valence-electron chi connectivity index (χ4n) is 2.03. The number of hydrogen-bond donors (Lipinski definition) is 6. The van der Waals surface area contributed by atoms with E-state index in [1.807, 2.05) is 0 Å². The number of nitrogens with one attached hydrogen (secondary N) is 1. The molecule has 1 aliphatic rings. The lowest BCUT2D eigenvalue weighted by molar-refractivity contribution is -0.221. The predicted molar refractivity (Wildman–Crippen MR) is 80.9 cm³/mol. The van der Waals surface area contributed by atoms with Crippen LogP contribution in [0.4, 0.5) is 5.69 Å². The highest BCUT2D eigenvalue weighted by molar-refractivity contribution is 9.11. The first kappa shape index (κ1) is 16.9. The summed E-state index contributed by atoms with van der Waals surface area (Å²) in [4.78, 5) is 0. The highest BCUT2D eigenvalue weighted by atomic mass is 79.9. The molecule has 9 heteroatoms. The van der Waals surface area contributed by atoms with E-state index in [0.717, 1.165) is 0 Å². The summed E-state index contributed by atoms with van der Waals surface area (Å²) < 4.78 is 6.17. The molecular formula is C12H15Br2NO6. The number of anilines is 1. The Morgan fingerprint density at radius 1 is 1.05 bits per heavy atom. The van der Waals surface area contributed by atoms with E-state index in [4.69, 9.17) is 9.84 Å². The predicted octanol–water partition coefficient (Wildman–Crippen LogP) is 0.129. The van der Waals surface area contributed by atoms with Gasteiger partial charge in [0.05, 0.1) is 15.6 Å². The maximum absolute atomic E-state index is 9.92. The van der Waals surface area contributed by atoms with Gasteiger partial charge in [-0.2, -0.15) is 0 Å². The molecule has 0 radical (unpaired) electrons. The van der Waals surface area contributed by atoms with Crippen LogP contribution in [0.25, 0.3) is 0 Å². The summed E-state index contributed by atoms with van der Waals surface area (Å²) in [7, 11) is 0. The van der Waals surface area contributed by atoms with Crippen molar-refractivity contribution in [3.8, 4) is 5.75 Å². The first-order valence-electron chi connectivity index (χ1n) is 6.10. The molecule has 1 saturated heterocycles. The number of ether oxygens (including phenoxy) is 1. The molecule has 0 aromatic heterocycles. The van der Waals surface area contributed by atoms with Crippen molar-refractivity contribution in [1.82, 2.24) is 0 Å². The Balaban J connectivity index is 2.18. The Morgan fingerprint density at radius 2 is 1.62 bits per heavy atom. The zero-order chi connectivity index (χ0) is 15.7. The van der Waals surface area contributed by atoms with Gasteiger partial charge in [0.25, 0.3) is 0 Å². The van der Waals surface area contributed by atoms with E-state index in [1.165, 1.54) is 0 Å². The van der Waals surface area contributed by atoms with Crippen LogP contribution in [0.15, 0.2) is 21.1 Å². The lowest BCUT2D eigenvalue weighted by Gasteiger charge is -2.40. The molecule has 0 spiro atoms. The number of rotatable bonds is 3. The van der Waals surface area contributed by atoms with Crippen molar-refractivity contribution in [1.29, 1.82) is 0 Å². The monoisotopic (exact) mass is 427 g/mol. The molecule has 0 aliphatic carbocycles. The average Bonchev–Trinajstić information content (AvgIpc) is 2.45. The van der Waals surface area contributed by atoms with E-state index in [2.05, 4.69) is 37.2 Å². The van der Waals surface area contributed by atoms with E-state index in [1.54, 1.807) is 12.1 Å². The highest BCUT2D eigenvalue weighted by Crippen LogP contribution is 2.36. The summed E-state index contributed by atoms with van der Waals surface area (Å²) in [5.41, 5.74) is 0.496. The zero-order valence-corrected chi connectivity index (χ0v) is 13.8. The average molecular weight is 429 g/mol. The fourth-order valence-corrected chi connectivity index (χ4v) is 3.22. The largest absolute Gasteiger partial charge is 0.506 e. The van der Waals surface area contributed by atoms with E-state index < -0.39 is 37.3 Å². The smallest absolute Gasteiger partial charge is 0.157 e. The van der Waals surface area contributed by atoms with Crippen molar-refractivity contribution >= 4 is 37.5 Å². The van der Waals surface area contributed by atoms with Gasteiger partial charge in [0.1, 0.15) is 30.2 Å². The van der Waals surface area contributed by atoms with Crippen molar-refractivity contribution in [2.75, 3.05) is 11.9 Å². The molecule has 0 saturated carbocycles. The number of halogens is 2. The number of aliphatic hydroxyl groups is 4. The van der Waals surface area contributed by atoms with Gasteiger partial charge in [-0.05, 0) is 44.0 Å². The molecule has 21 heavy (non-hydrogen) atoms. The van der Waals surface area contributed by atoms with Crippen LogP contribution in [-0.2, 0) is 4.74 Å². The van der Waals surface area contributed by atoms with E-state index in [0.29, 0.717) is 14.6 Å². The van der Waals surface area contributed by atoms with Gasteiger partial charge < -0.3 is 35.6 Å². The van der Waals surface area contributed by atoms with E-state index in [-0.39, 0.29) is 5.75 Å². The molecule has 0 amide bonds. The second-order valence-electron chi connectivity index (χ2n) is 4.68. The van der Waals surface area contributed by atoms with Gasteiger partial charge in [0, 0.05) is 5.69 Å². The number of phenolic OH excluding ortho intramolecular Hbond substituents is 1. The molecular weight excluding hydrogens is 414 g/mol. The first-order valence-corrected chi connectivity index (χ1v) is 7.68. The van der Waals surface area contributed by atoms with Crippen LogP contribution in [0.3, 0.4) is 0 Å². The standard InChI is InChI=1S/C12H15Br2NO6/c13-5-1-4(2-6(14)8(5)17)15-12-11(20)10(19)9(18)7(3-16)21-12/h1-2,7,9-12,15-20H,3H2/t7-,9-,10+,11-,12-/m1/s1. The van der Waals surface area contributed by atoms with Crippen LogP contribution in [-0.4, -0.2) is 62.8 Å². The fraction of sp³-hybridized carbons (Fsp3) is 0.500. The zero-order valence-electron chi connectivity index (χ0n) is 10.6. The molecule has 1 aromatic rings. The number of benzene rings is 1. The minimum Gasteiger partial charge on any atom is -0.506 e. The topological polar surface area (TPSA) is 122 Å². The number of hydrogen-bond acceptors (Lipinski definition) is 7. The number of aromatic hydroxyl groups is 1. The van der Waals surface area contributed by atoms with Gasteiger partial charge in [-0.3, -0.25) is 0 Å². The van der Waals surface area contributed by atoms with Crippen molar-refractivity contribution in [3.63, 3.8) is 0 Å².